The van der Waals surface area contributed by atoms with Crippen molar-refractivity contribution in [3.8, 4) is 17.6 Å². The van der Waals surface area contributed by atoms with Crippen molar-refractivity contribution in [1.82, 2.24) is 0 Å². The topological polar surface area (TPSA) is 70.3 Å². The Hall–Kier alpha value is -2.32. The molecule has 19 heavy (non-hydrogen) atoms. The number of carbonyl (C=O) groups is 1. The molecule has 5 heteroatoms. The van der Waals surface area contributed by atoms with Crippen LogP contribution in [-0.4, -0.2) is 11.1 Å². The molecule has 4 nitrogen and oxygen atoms in total. The number of hydrogen-bond acceptors (Lipinski definition) is 3. The number of hydrogen-bond donors (Lipinski definition) is 1. The Morgan fingerprint density at radius 3 is 2.47 bits per heavy atom. The van der Waals surface area contributed by atoms with Crippen LogP contribution < -0.4 is 4.74 Å². The molecule has 0 radical (unpaired) electrons. The normalized spacial score (nSPS) is 9.68. The van der Waals surface area contributed by atoms with E-state index < -0.39 is 5.97 Å². The van der Waals surface area contributed by atoms with Crippen LogP contribution in [0.3, 0.4) is 0 Å². The van der Waals surface area contributed by atoms with Gasteiger partial charge in [0.25, 0.3) is 0 Å². The molecule has 0 fully saturated rings. The molecule has 1 N–H and O–H groups in total. The van der Waals surface area contributed by atoms with Crippen molar-refractivity contribution in [3.63, 3.8) is 0 Å². The van der Waals surface area contributed by atoms with Crippen LogP contribution in [0.25, 0.3) is 0 Å². The lowest BCUT2D eigenvalue weighted by molar-refractivity contribution is 0.0694. The fraction of sp³-hybridized carbons (Fsp3) is 0. The van der Waals surface area contributed by atoms with E-state index in [0.717, 1.165) is 4.47 Å². The highest BCUT2D eigenvalue weighted by Gasteiger charge is 2.12. The first-order chi connectivity index (χ1) is 9.10. The van der Waals surface area contributed by atoms with Crippen LogP contribution in [0.4, 0.5) is 0 Å². The minimum absolute atomic E-state index is 0.0764. The Labute approximate surface area is 118 Å². The summed E-state index contributed by atoms with van der Waals surface area (Å²) in [7, 11) is 0. The van der Waals surface area contributed by atoms with Crippen molar-refractivity contribution in [2.24, 2.45) is 0 Å². The number of nitrogens with zero attached hydrogens (tertiary/aromatic N) is 1. The van der Waals surface area contributed by atoms with Gasteiger partial charge in [0.05, 0.1) is 11.6 Å². The van der Waals surface area contributed by atoms with Crippen molar-refractivity contribution in [1.29, 1.82) is 5.26 Å². The largest absolute Gasteiger partial charge is 0.478 e. The predicted octanol–water partition coefficient (Wildman–Crippen LogP) is 3.81. The summed E-state index contributed by atoms with van der Waals surface area (Å²) in [4.78, 5) is 11.1. The summed E-state index contributed by atoms with van der Waals surface area (Å²) in [6.45, 7) is 0. The average Bonchev–Trinajstić information content (AvgIpc) is 2.39. The van der Waals surface area contributed by atoms with Crippen molar-refractivity contribution >= 4 is 21.9 Å². The third-order valence-corrected chi connectivity index (χ3v) is 2.88. The van der Waals surface area contributed by atoms with Crippen molar-refractivity contribution < 1.29 is 14.6 Å². The number of carboxylic acid groups (broad SMARTS) is 1. The Morgan fingerprint density at radius 2 is 1.89 bits per heavy atom. The SMILES string of the molecule is N#Cc1ccc(Oc2cc(Br)ccc2C(=O)O)cc1. The lowest BCUT2D eigenvalue weighted by Crippen LogP contribution is -1.99. The summed E-state index contributed by atoms with van der Waals surface area (Å²) >= 11 is 3.27. The van der Waals surface area contributed by atoms with E-state index in [4.69, 9.17) is 15.1 Å². The first-order valence-corrected chi connectivity index (χ1v) is 6.10. The van der Waals surface area contributed by atoms with E-state index in [0.29, 0.717) is 11.3 Å². The molecule has 0 aliphatic carbocycles. The van der Waals surface area contributed by atoms with Crippen molar-refractivity contribution in [2.75, 3.05) is 0 Å². The molecule has 0 saturated heterocycles. The second-order valence-corrected chi connectivity index (χ2v) is 4.60. The molecule has 0 aromatic heterocycles. The predicted molar refractivity (Wildman–Crippen MR) is 72.3 cm³/mol. The summed E-state index contributed by atoms with van der Waals surface area (Å²) in [6, 6.07) is 13.1. The summed E-state index contributed by atoms with van der Waals surface area (Å²) in [5.74, 6) is -0.345. The van der Waals surface area contributed by atoms with Gasteiger partial charge in [-0.25, -0.2) is 4.79 Å². The van der Waals surface area contributed by atoms with E-state index in [1.54, 1.807) is 36.4 Å². The third kappa shape index (κ3) is 3.12. The maximum absolute atomic E-state index is 11.1. The highest BCUT2D eigenvalue weighted by Crippen LogP contribution is 2.28. The fourth-order valence-electron chi connectivity index (χ4n) is 1.48. The molecule has 2 aromatic carbocycles. The van der Waals surface area contributed by atoms with Gasteiger partial charge in [0, 0.05) is 4.47 Å². The molecule has 0 atom stereocenters. The maximum atomic E-state index is 11.1. The van der Waals surface area contributed by atoms with Crippen LogP contribution in [0.5, 0.6) is 11.5 Å². The van der Waals surface area contributed by atoms with Gasteiger partial charge < -0.3 is 9.84 Å². The highest BCUT2D eigenvalue weighted by molar-refractivity contribution is 9.10. The minimum atomic E-state index is -1.06. The number of nitriles is 1. The van der Waals surface area contributed by atoms with E-state index in [2.05, 4.69) is 15.9 Å². The molecule has 0 spiro atoms. The molecule has 0 bridgehead atoms. The van der Waals surface area contributed by atoms with Gasteiger partial charge in [0.2, 0.25) is 0 Å². The molecule has 0 amide bonds. The highest BCUT2D eigenvalue weighted by atomic mass is 79.9. The molecular formula is C14H8BrNO3. The Kier molecular flexibility index (Phi) is 3.83. The first-order valence-electron chi connectivity index (χ1n) is 5.31. The second-order valence-electron chi connectivity index (χ2n) is 3.68. The molecule has 2 rings (SSSR count). The quantitative estimate of drug-likeness (QED) is 0.934. The second kappa shape index (κ2) is 5.55. The molecule has 94 valence electrons. The smallest absolute Gasteiger partial charge is 0.339 e. The standard InChI is InChI=1S/C14H8BrNO3/c15-10-3-6-12(14(17)18)13(7-10)19-11-4-1-9(8-16)2-5-11/h1-7H,(H,17,18). The van der Waals surface area contributed by atoms with Gasteiger partial charge in [-0.05, 0) is 42.5 Å². The van der Waals surface area contributed by atoms with Gasteiger partial charge in [-0.2, -0.15) is 5.26 Å². The summed E-state index contributed by atoms with van der Waals surface area (Å²) in [6.07, 6.45) is 0. The van der Waals surface area contributed by atoms with Crippen molar-refractivity contribution in [2.45, 2.75) is 0 Å². The fourth-order valence-corrected chi connectivity index (χ4v) is 1.82. The van der Waals surface area contributed by atoms with Gasteiger partial charge in [-0.15, -0.1) is 0 Å². The molecule has 2 aromatic rings. The zero-order valence-corrected chi connectivity index (χ0v) is 11.2. The van der Waals surface area contributed by atoms with E-state index >= 15 is 0 Å². The number of ether oxygens (including phenoxy) is 1. The van der Waals surface area contributed by atoms with Gasteiger partial charge in [0.1, 0.15) is 17.1 Å². The van der Waals surface area contributed by atoms with Crippen LogP contribution in [0.2, 0.25) is 0 Å². The zero-order chi connectivity index (χ0) is 13.8. The van der Waals surface area contributed by atoms with E-state index in [1.165, 1.54) is 6.07 Å². The van der Waals surface area contributed by atoms with Gasteiger partial charge in [-0.3, -0.25) is 0 Å². The number of halogens is 1. The summed E-state index contributed by atoms with van der Waals surface area (Å²) in [5, 5.41) is 17.8. The Morgan fingerprint density at radius 1 is 1.21 bits per heavy atom. The molecule has 0 unspecified atom stereocenters. The number of aromatic carboxylic acids is 1. The Balaban J connectivity index is 2.34. The maximum Gasteiger partial charge on any atom is 0.339 e. The number of benzene rings is 2. The van der Waals surface area contributed by atoms with Crippen LogP contribution >= 0.6 is 15.9 Å². The lowest BCUT2D eigenvalue weighted by atomic mass is 10.2. The molecule has 0 saturated carbocycles. The van der Waals surface area contributed by atoms with E-state index in [1.807, 2.05) is 6.07 Å². The molecule has 0 aliphatic rings. The van der Waals surface area contributed by atoms with Gasteiger partial charge in [-0.1, -0.05) is 15.9 Å². The van der Waals surface area contributed by atoms with E-state index in [9.17, 15) is 4.79 Å². The Bertz CT molecular complexity index is 659. The van der Waals surface area contributed by atoms with Crippen LogP contribution in [-0.2, 0) is 0 Å². The monoisotopic (exact) mass is 317 g/mol. The zero-order valence-electron chi connectivity index (χ0n) is 9.63. The van der Waals surface area contributed by atoms with Crippen LogP contribution in [0.1, 0.15) is 15.9 Å². The van der Waals surface area contributed by atoms with Gasteiger partial charge >= 0.3 is 5.97 Å². The number of rotatable bonds is 3. The minimum Gasteiger partial charge on any atom is -0.478 e. The van der Waals surface area contributed by atoms with Crippen LogP contribution in [0, 0.1) is 11.3 Å². The first kappa shape index (κ1) is 13.1. The van der Waals surface area contributed by atoms with Gasteiger partial charge in [0.15, 0.2) is 0 Å². The van der Waals surface area contributed by atoms with Crippen molar-refractivity contribution in [3.05, 3.63) is 58.1 Å². The average molecular weight is 318 g/mol. The number of carboxylic acids is 1. The lowest BCUT2D eigenvalue weighted by Gasteiger charge is -2.09. The molecule has 0 aliphatic heterocycles. The molecule has 0 heterocycles. The molecular weight excluding hydrogens is 310 g/mol. The van der Waals surface area contributed by atoms with Crippen LogP contribution in [0.15, 0.2) is 46.9 Å². The third-order valence-electron chi connectivity index (χ3n) is 2.39. The summed E-state index contributed by atoms with van der Waals surface area (Å²) in [5.41, 5.74) is 0.590. The van der Waals surface area contributed by atoms with E-state index in [-0.39, 0.29) is 11.3 Å². The summed E-state index contributed by atoms with van der Waals surface area (Å²) < 4.78 is 6.25.